The number of hydrogen-bond acceptors (Lipinski definition) is 4. The van der Waals surface area contributed by atoms with Gasteiger partial charge < -0.3 is 19.4 Å². The number of likely N-dealkylation sites (N-methyl/N-ethyl adjacent to an activating group) is 1. The van der Waals surface area contributed by atoms with Crippen molar-refractivity contribution < 1.29 is 29.0 Å². The normalized spacial score (nSPS) is 14.5. The number of esters is 1. The maximum atomic E-state index is 11.9. The molecule has 0 spiro atoms. The summed E-state index contributed by atoms with van der Waals surface area (Å²) in [4.78, 5) is 22.8. The molecule has 6 heteroatoms. The van der Waals surface area contributed by atoms with Crippen molar-refractivity contribution in [1.29, 1.82) is 0 Å². The highest BCUT2D eigenvalue weighted by atomic mass is 16.6. The number of carboxylic acid groups (broad SMARTS) is 1. The summed E-state index contributed by atoms with van der Waals surface area (Å²) in [6.07, 6.45) is 7.22. The van der Waals surface area contributed by atoms with Crippen LogP contribution in [-0.2, 0) is 14.3 Å². The van der Waals surface area contributed by atoms with Crippen molar-refractivity contribution in [3.63, 3.8) is 0 Å². The van der Waals surface area contributed by atoms with Gasteiger partial charge in [0, 0.05) is 0 Å². The first kappa shape index (κ1) is 22.6. The Morgan fingerprint density at radius 3 is 2.21 bits per heavy atom. The number of nitrogens with zero attached hydrogens (tertiary/aromatic N) is 1. The average Bonchev–Trinajstić information content (AvgIpc) is 2.43. The van der Waals surface area contributed by atoms with Gasteiger partial charge in [0.05, 0.1) is 27.6 Å². The van der Waals surface area contributed by atoms with Gasteiger partial charge in [-0.15, -0.1) is 0 Å². The van der Waals surface area contributed by atoms with Crippen LogP contribution in [0.3, 0.4) is 0 Å². The Labute approximate surface area is 145 Å². The molecule has 0 aliphatic carbocycles. The molecule has 0 saturated carbocycles. The molecule has 2 unspecified atom stereocenters. The van der Waals surface area contributed by atoms with Crippen LogP contribution in [0.1, 0.15) is 51.9 Å². The van der Waals surface area contributed by atoms with Crippen LogP contribution in [0.2, 0.25) is 0 Å². The first-order valence-electron chi connectivity index (χ1n) is 8.71. The van der Waals surface area contributed by atoms with Crippen molar-refractivity contribution in [2.75, 3.05) is 27.7 Å². The molecule has 24 heavy (non-hydrogen) atoms. The van der Waals surface area contributed by atoms with Gasteiger partial charge in [0.15, 0.2) is 12.2 Å². The molecule has 2 atom stereocenters. The number of quaternary nitrogens is 1. The number of aliphatic hydroxyl groups excluding tert-OH is 1. The van der Waals surface area contributed by atoms with Gasteiger partial charge in [-0.1, -0.05) is 31.9 Å². The zero-order chi connectivity index (χ0) is 18.6. The highest BCUT2D eigenvalue weighted by Crippen LogP contribution is 2.10. The van der Waals surface area contributed by atoms with E-state index in [4.69, 9.17) is 9.84 Å². The fraction of sp³-hybridized carbons (Fsp3) is 0.778. The highest BCUT2D eigenvalue weighted by molar-refractivity contribution is 5.75. The minimum absolute atomic E-state index is 0.256. The summed E-state index contributed by atoms with van der Waals surface area (Å²) in [5.41, 5.74) is 0. The number of rotatable bonds is 13. The predicted molar refractivity (Wildman–Crippen MR) is 93.6 cm³/mol. The molecule has 0 radical (unpaired) electrons. The Morgan fingerprint density at radius 2 is 1.71 bits per heavy atom. The van der Waals surface area contributed by atoms with Gasteiger partial charge in [0.25, 0.3) is 0 Å². The third-order valence-corrected chi connectivity index (χ3v) is 3.45. The van der Waals surface area contributed by atoms with Crippen molar-refractivity contribution in [3.05, 3.63) is 12.2 Å². The quantitative estimate of drug-likeness (QED) is 0.232. The topological polar surface area (TPSA) is 83.8 Å². The Hall–Kier alpha value is -1.40. The molecule has 2 N–H and O–H groups in total. The van der Waals surface area contributed by atoms with Crippen molar-refractivity contribution in [3.8, 4) is 0 Å². The van der Waals surface area contributed by atoms with E-state index in [1.807, 2.05) is 21.1 Å². The summed E-state index contributed by atoms with van der Waals surface area (Å²) in [6.45, 7) is 2.52. The first-order chi connectivity index (χ1) is 11.2. The van der Waals surface area contributed by atoms with Crippen LogP contribution in [0.4, 0.5) is 0 Å². The maximum Gasteiger partial charge on any atom is 0.335 e. The van der Waals surface area contributed by atoms with Gasteiger partial charge >= 0.3 is 11.9 Å². The Kier molecular flexibility index (Phi) is 11.3. The molecule has 0 aliphatic heterocycles. The summed E-state index contributed by atoms with van der Waals surface area (Å²) < 4.78 is 5.68. The number of hydrogen-bond donors (Lipinski definition) is 2. The molecular weight excluding hydrogens is 310 g/mol. The van der Waals surface area contributed by atoms with Crippen molar-refractivity contribution in [2.45, 2.75) is 64.1 Å². The zero-order valence-electron chi connectivity index (χ0n) is 15.5. The largest absolute Gasteiger partial charge is 0.481 e. The monoisotopic (exact) mass is 344 g/mol. The number of carbonyl (C=O) groups excluding carboxylic acids is 1. The minimum atomic E-state index is -1.20. The molecular formula is C18H34NO5+. The summed E-state index contributed by atoms with van der Waals surface area (Å²) in [5.74, 6) is -1.75. The first-order valence-corrected chi connectivity index (χ1v) is 8.71. The van der Waals surface area contributed by atoms with Crippen LogP contribution in [0.15, 0.2) is 12.2 Å². The van der Waals surface area contributed by atoms with Crippen molar-refractivity contribution in [2.24, 2.45) is 0 Å². The lowest BCUT2D eigenvalue weighted by Crippen LogP contribution is -2.44. The van der Waals surface area contributed by atoms with E-state index in [0.717, 1.165) is 12.8 Å². The van der Waals surface area contributed by atoms with Gasteiger partial charge in [0.2, 0.25) is 0 Å². The van der Waals surface area contributed by atoms with Crippen LogP contribution in [0.25, 0.3) is 0 Å². The third kappa shape index (κ3) is 13.1. The van der Waals surface area contributed by atoms with Crippen LogP contribution in [0, 0.1) is 0 Å². The molecule has 0 aromatic rings. The SMILES string of the molecule is CCCC/C=C/CCCC(O)C(=O)OC(CC(=O)O)C[N+](C)(C)C. The molecule has 0 heterocycles. The molecule has 0 aliphatic rings. The maximum absolute atomic E-state index is 11.9. The number of aliphatic carboxylic acids is 1. The van der Waals surface area contributed by atoms with E-state index in [1.54, 1.807) is 0 Å². The third-order valence-electron chi connectivity index (χ3n) is 3.45. The summed E-state index contributed by atoms with van der Waals surface area (Å²) in [5, 5.41) is 18.8. The number of carbonyl (C=O) groups is 2. The smallest absolute Gasteiger partial charge is 0.335 e. The second-order valence-electron chi connectivity index (χ2n) is 7.19. The highest BCUT2D eigenvalue weighted by Gasteiger charge is 2.27. The van der Waals surface area contributed by atoms with Crippen LogP contribution >= 0.6 is 0 Å². The van der Waals surface area contributed by atoms with E-state index in [9.17, 15) is 14.7 Å². The molecule has 0 saturated heterocycles. The Balaban J connectivity index is 4.23. The number of aliphatic hydroxyl groups is 1. The van der Waals surface area contributed by atoms with Crippen molar-refractivity contribution >= 4 is 11.9 Å². The van der Waals surface area contributed by atoms with E-state index < -0.39 is 24.1 Å². The molecule has 0 rings (SSSR count). The lowest BCUT2D eigenvalue weighted by atomic mass is 10.1. The van der Waals surface area contributed by atoms with Crippen LogP contribution in [0.5, 0.6) is 0 Å². The number of allylic oxidation sites excluding steroid dienone is 2. The number of unbranched alkanes of at least 4 members (excludes halogenated alkanes) is 3. The molecule has 0 aromatic carbocycles. The second kappa shape index (κ2) is 12.0. The zero-order valence-corrected chi connectivity index (χ0v) is 15.5. The van der Waals surface area contributed by atoms with Gasteiger partial charge in [-0.2, -0.15) is 0 Å². The van der Waals surface area contributed by atoms with E-state index >= 15 is 0 Å². The number of carboxylic acids is 1. The summed E-state index contributed by atoms with van der Waals surface area (Å²) in [6, 6.07) is 0. The fourth-order valence-corrected chi connectivity index (χ4v) is 2.30. The Bertz CT molecular complexity index is 401. The van der Waals surface area contributed by atoms with E-state index in [-0.39, 0.29) is 6.42 Å². The lowest BCUT2D eigenvalue weighted by molar-refractivity contribution is -0.873. The molecule has 0 amide bonds. The number of ether oxygens (including phenoxy) is 1. The van der Waals surface area contributed by atoms with E-state index in [0.29, 0.717) is 23.9 Å². The van der Waals surface area contributed by atoms with E-state index in [2.05, 4.69) is 19.1 Å². The van der Waals surface area contributed by atoms with Gasteiger partial charge in [-0.25, -0.2) is 4.79 Å². The molecule has 140 valence electrons. The van der Waals surface area contributed by atoms with Gasteiger partial charge in [-0.05, 0) is 25.7 Å². The lowest BCUT2D eigenvalue weighted by Gasteiger charge is -2.28. The molecule has 0 bridgehead atoms. The minimum Gasteiger partial charge on any atom is -0.481 e. The van der Waals surface area contributed by atoms with E-state index in [1.165, 1.54) is 12.8 Å². The van der Waals surface area contributed by atoms with Gasteiger partial charge in [0.1, 0.15) is 6.54 Å². The fourth-order valence-electron chi connectivity index (χ4n) is 2.30. The predicted octanol–water partition coefficient (Wildman–Crippen LogP) is 2.36. The molecule has 0 aromatic heterocycles. The van der Waals surface area contributed by atoms with Crippen LogP contribution < -0.4 is 0 Å². The summed E-state index contributed by atoms with van der Waals surface area (Å²) in [7, 11) is 5.68. The molecule has 0 fully saturated rings. The second-order valence-corrected chi connectivity index (χ2v) is 7.19. The van der Waals surface area contributed by atoms with Gasteiger partial charge in [-0.3, -0.25) is 4.79 Å². The standard InChI is InChI=1S/C18H33NO5/c1-5-6-7-8-9-10-11-12-16(20)18(23)24-15(13-17(21)22)14-19(2,3)4/h8-9,15-16,20H,5-7,10-14H2,1-4H3/p+1/b9-8+. The Morgan fingerprint density at radius 1 is 1.12 bits per heavy atom. The van der Waals surface area contributed by atoms with Crippen molar-refractivity contribution in [1.82, 2.24) is 0 Å². The van der Waals surface area contributed by atoms with Crippen LogP contribution in [-0.4, -0.2) is 66.5 Å². The summed E-state index contributed by atoms with van der Waals surface area (Å²) >= 11 is 0. The molecule has 6 nitrogen and oxygen atoms in total. The average molecular weight is 344 g/mol.